The van der Waals surface area contributed by atoms with Crippen molar-refractivity contribution in [1.82, 2.24) is 15.2 Å². The number of hydrogen-bond donors (Lipinski definition) is 1. The van der Waals surface area contributed by atoms with Gasteiger partial charge in [0.25, 0.3) is 0 Å². The lowest BCUT2D eigenvalue weighted by atomic mass is 9.79. The fourth-order valence-electron chi connectivity index (χ4n) is 6.51. The maximum Gasteiger partial charge on any atom is 0.494 e. The van der Waals surface area contributed by atoms with E-state index >= 15 is 0 Å². The molecule has 5 rings (SSSR count). The Labute approximate surface area is 257 Å². The summed E-state index contributed by atoms with van der Waals surface area (Å²) in [6.45, 7) is 15.6. The number of amides is 1. The van der Waals surface area contributed by atoms with E-state index in [9.17, 15) is 9.59 Å². The molecule has 0 radical (unpaired) electrons. The number of likely N-dealkylation sites (tertiary alicyclic amines) is 1. The second kappa shape index (κ2) is 12.9. The van der Waals surface area contributed by atoms with Crippen LogP contribution in [0.15, 0.2) is 34.9 Å². The van der Waals surface area contributed by atoms with E-state index < -0.39 is 18.3 Å². The maximum atomic E-state index is 13.5. The van der Waals surface area contributed by atoms with Gasteiger partial charge in [-0.2, -0.15) is 0 Å². The third-order valence-corrected chi connectivity index (χ3v) is 10.5. The predicted molar refractivity (Wildman–Crippen MR) is 169 cm³/mol. The molecule has 1 amide bonds. The number of carbonyl (C=O) groups is 2. The molecule has 1 unspecified atom stereocenters. The van der Waals surface area contributed by atoms with Gasteiger partial charge in [0.1, 0.15) is 11.8 Å². The molecule has 1 saturated carbocycles. The minimum atomic E-state index is -0.420. The van der Waals surface area contributed by atoms with E-state index in [1.54, 1.807) is 6.20 Å². The molecular weight excluding hydrogens is 541 g/mol. The standard InChI is InChI=1S/C34H50BN3O5/c1-7-26(39)12-10-9-11-13-28(37-30(40)27-22-34(27)18-20-38(8-2)21-19-34)31-36-23-29(41-31)24-14-16-25(17-15-24)35-42-32(3,4)33(5,6)43-35/h14-17,23,27-28H,7-13,18-22H2,1-6H3,(H,37,40)/t27-,28?/m1/s1. The number of unbranched alkanes of at least 4 members (excludes halogenated alkanes) is 2. The summed E-state index contributed by atoms with van der Waals surface area (Å²) in [5, 5.41) is 3.32. The fraction of sp³-hybridized carbons (Fsp3) is 0.676. The second-order valence-electron chi connectivity index (χ2n) is 13.9. The molecule has 43 heavy (non-hydrogen) atoms. The van der Waals surface area contributed by atoms with Crippen LogP contribution < -0.4 is 10.8 Å². The van der Waals surface area contributed by atoms with Crippen LogP contribution in [0.1, 0.15) is 111 Å². The van der Waals surface area contributed by atoms with Gasteiger partial charge in [0.05, 0.1) is 17.4 Å². The van der Waals surface area contributed by atoms with Crippen LogP contribution in [-0.4, -0.2) is 59.5 Å². The molecule has 1 N–H and O–H groups in total. The lowest BCUT2D eigenvalue weighted by Gasteiger charge is -2.32. The Morgan fingerprint density at radius 3 is 2.33 bits per heavy atom. The summed E-state index contributed by atoms with van der Waals surface area (Å²) < 4.78 is 18.7. The van der Waals surface area contributed by atoms with E-state index in [4.69, 9.17) is 13.7 Å². The smallest absolute Gasteiger partial charge is 0.438 e. The normalized spacial score (nSPS) is 22.9. The quantitative estimate of drug-likeness (QED) is 0.231. The minimum Gasteiger partial charge on any atom is -0.438 e. The van der Waals surface area contributed by atoms with Crippen molar-refractivity contribution in [3.05, 3.63) is 36.4 Å². The molecule has 2 saturated heterocycles. The van der Waals surface area contributed by atoms with Crippen molar-refractivity contribution < 1.29 is 23.3 Å². The zero-order valence-electron chi connectivity index (χ0n) is 27.0. The van der Waals surface area contributed by atoms with Gasteiger partial charge in [-0.05, 0) is 90.3 Å². The van der Waals surface area contributed by atoms with Crippen molar-refractivity contribution in [2.45, 2.75) is 117 Å². The van der Waals surface area contributed by atoms with Gasteiger partial charge in [-0.25, -0.2) is 4.98 Å². The summed E-state index contributed by atoms with van der Waals surface area (Å²) in [5.41, 5.74) is 1.24. The Morgan fingerprint density at radius 1 is 1.02 bits per heavy atom. The van der Waals surface area contributed by atoms with E-state index in [-0.39, 0.29) is 23.3 Å². The highest BCUT2D eigenvalue weighted by atomic mass is 16.7. The number of carbonyl (C=O) groups excluding carboxylic acids is 2. The first-order chi connectivity index (χ1) is 20.5. The Balaban J connectivity index is 1.24. The molecular formula is C34H50BN3O5. The lowest BCUT2D eigenvalue weighted by molar-refractivity contribution is -0.124. The zero-order chi connectivity index (χ0) is 30.8. The lowest BCUT2D eigenvalue weighted by Crippen LogP contribution is -2.41. The van der Waals surface area contributed by atoms with E-state index in [2.05, 4.69) is 49.8 Å². The molecule has 1 spiro atoms. The second-order valence-corrected chi connectivity index (χ2v) is 13.9. The number of nitrogens with zero attached hydrogens (tertiary/aromatic N) is 2. The molecule has 2 atom stereocenters. The van der Waals surface area contributed by atoms with Crippen molar-refractivity contribution >= 4 is 24.3 Å². The third kappa shape index (κ3) is 7.10. The van der Waals surface area contributed by atoms with Crippen molar-refractivity contribution in [3.8, 4) is 11.3 Å². The molecule has 234 valence electrons. The minimum absolute atomic E-state index is 0.0770. The summed E-state index contributed by atoms with van der Waals surface area (Å²) in [7, 11) is -0.420. The first kappa shape index (κ1) is 31.9. The van der Waals surface area contributed by atoms with Gasteiger partial charge < -0.3 is 23.9 Å². The number of piperidine rings is 1. The first-order valence-electron chi connectivity index (χ1n) is 16.4. The van der Waals surface area contributed by atoms with Crippen LogP contribution in [-0.2, 0) is 18.9 Å². The third-order valence-electron chi connectivity index (χ3n) is 10.5. The molecule has 0 bridgehead atoms. The Morgan fingerprint density at radius 2 is 1.70 bits per heavy atom. The topological polar surface area (TPSA) is 93.9 Å². The Hall–Kier alpha value is -2.49. The number of nitrogens with one attached hydrogen (secondary N) is 1. The van der Waals surface area contributed by atoms with E-state index in [0.29, 0.717) is 30.3 Å². The average molecular weight is 592 g/mol. The number of Topliss-reactive ketones (excluding diaryl/α,β-unsaturated/α-hetero) is 1. The average Bonchev–Trinajstić information content (AvgIpc) is 3.35. The van der Waals surface area contributed by atoms with Gasteiger partial charge in [-0.1, -0.05) is 51.0 Å². The SMILES string of the molecule is CCC(=O)CCCCCC(NC(=O)[C@H]1CC12CCN(CC)CC2)c1ncc(-c2ccc(B3OC(C)(C)C(C)(C)O3)cc2)o1. The van der Waals surface area contributed by atoms with Gasteiger partial charge in [-0.15, -0.1) is 0 Å². The molecule has 1 aliphatic carbocycles. The Bertz CT molecular complexity index is 1250. The summed E-state index contributed by atoms with van der Waals surface area (Å²) in [5.74, 6) is 1.72. The molecule has 3 aliphatic rings. The van der Waals surface area contributed by atoms with Crippen molar-refractivity contribution in [2.24, 2.45) is 11.3 Å². The number of aromatic nitrogens is 1. The monoisotopic (exact) mass is 591 g/mol. The van der Waals surface area contributed by atoms with Crippen LogP contribution in [0.2, 0.25) is 0 Å². The maximum absolute atomic E-state index is 13.5. The Kier molecular flexibility index (Phi) is 9.55. The summed E-state index contributed by atoms with van der Waals surface area (Å²) in [6, 6.07) is 7.72. The number of benzene rings is 1. The van der Waals surface area contributed by atoms with Crippen LogP contribution in [0.25, 0.3) is 11.3 Å². The van der Waals surface area contributed by atoms with Gasteiger partial charge in [0.15, 0.2) is 5.76 Å². The van der Waals surface area contributed by atoms with E-state index in [0.717, 1.165) is 75.6 Å². The van der Waals surface area contributed by atoms with Crippen LogP contribution in [0, 0.1) is 11.3 Å². The van der Waals surface area contributed by atoms with Crippen molar-refractivity contribution in [3.63, 3.8) is 0 Å². The highest BCUT2D eigenvalue weighted by molar-refractivity contribution is 6.62. The summed E-state index contributed by atoms with van der Waals surface area (Å²) in [4.78, 5) is 32.3. The van der Waals surface area contributed by atoms with Crippen LogP contribution in [0.4, 0.5) is 0 Å². The highest BCUT2D eigenvalue weighted by Crippen LogP contribution is 2.59. The van der Waals surface area contributed by atoms with Crippen LogP contribution in [0.5, 0.6) is 0 Å². The van der Waals surface area contributed by atoms with Crippen LogP contribution in [0.3, 0.4) is 0 Å². The number of oxazole rings is 1. The number of hydrogen-bond acceptors (Lipinski definition) is 7. The van der Waals surface area contributed by atoms with Gasteiger partial charge in [-0.3, -0.25) is 9.59 Å². The molecule has 3 fully saturated rings. The predicted octanol–water partition coefficient (Wildman–Crippen LogP) is 5.85. The van der Waals surface area contributed by atoms with E-state index in [1.165, 1.54) is 0 Å². The zero-order valence-corrected chi connectivity index (χ0v) is 27.0. The summed E-state index contributed by atoms with van der Waals surface area (Å²) >= 11 is 0. The molecule has 2 aliphatic heterocycles. The molecule has 3 heterocycles. The van der Waals surface area contributed by atoms with Gasteiger partial charge in [0, 0.05) is 24.3 Å². The first-order valence-corrected chi connectivity index (χ1v) is 16.4. The van der Waals surface area contributed by atoms with Crippen molar-refractivity contribution in [2.75, 3.05) is 19.6 Å². The number of ketones is 1. The highest BCUT2D eigenvalue weighted by Gasteiger charge is 2.58. The summed E-state index contributed by atoms with van der Waals surface area (Å²) in [6.07, 6.45) is 9.57. The molecule has 8 nitrogen and oxygen atoms in total. The van der Waals surface area contributed by atoms with Gasteiger partial charge >= 0.3 is 7.12 Å². The fourth-order valence-corrected chi connectivity index (χ4v) is 6.51. The van der Waals surface area contributed by atoms with Crippen molar-refractivity contribution in [1.29, 1.82) is 0 Å². The number of rotatable bonds is 13. The molecule has 1 aromatic carbocycles. The molecule has 2 aromatic rings. The van der Waals surface area contributed by atoms with E-state index in [1.807, 2.05) is 31.2 Å². The molecule has 1 aromatic heterocycles. The largest absolute Gasteiger partial charge is 0.494 e. The van der Waals surface area contributed by atoms with Gasteiger partial charge in [0.2, 0.25) is 11.8 Å². The molecule has 9 heteroatoms. The van der Waals surface area contributed by atoms with Crippen LogP contribution >= 0.6 is 0 Å².